The minimum Gasteiger partial charge on any atom is -0.338 e. The van der Waals surface area contributed by atoms with Gasteiger partial charge < -0.3 is 9.80 Å². The van der Waals surface area contributed by atoms with E-state index in [1.807, 2.05) is 16.8 Å². The van der Waals surface area contributed by atoms with Gasteiger partial charge in [0, 0.05) is 45.1 Å². The summed E-state index contributed by atoms with van der Waals surface area (Å²) in [6.45, 7) is 3.76. The van der Waals surface area contributed by atoms with Crippen LogP contribution in [0.4, 0.5) is 10.3 Å². The third-order valence-electron chi connectivity index (χ3n) is 4.24. The minimum atomic E-state index is -0.247. The highest BCUT2D eigenvalue weighted by Crippen LogP contribution is 2.11. The zero-order valence-electron chi connectivity index (χ0n) is 14.3. The van der Waals surface area contributed by atoms with Crippen molar-refractivity contribution in [1.82, 2.24) is 19.8 Å². The summed E-state index contributed by atoms with van der Waals surface area (Å²) in [6, 6.07) is 8.16. The number of halogens is 1. The molecule has 7 heteroatoms. The molecule has 0 radical (unpaired) electrons. The van der Waals surface area contributed by atoms with Gasteiger partial charge in [0.05, 0.1) is 6.54 Å². The fourth-order valence-electron chi connectivity index (χ4n) is 2.90. The van der Waals surface area contributed by atoms with E-state index in [2.05, 4.69) is 14.9 Å². The van der Waals surface area contributed by atoms with Gasteiger partial charge in [-0.3, -0.25) is 9.69 Å². The predicted molar refractivity (Wildman–Crippen MR) is 93.6 cm³/mol. The Kier molecular flexibility index (Phi) is 5.55. The third kappa shape index (κ3) is 4.73. The summed E-state index contributed by atoms with van der Waals surface area (Å²) in [4.78, 5) is 26.9. The van der Waals surface area contributed by atoms with E-state index >= 15 is 0 Å². The predicted octanol–water partition coefficient (Wildman–Crippen LogP) is 1.40. The van der Waals surface area contributed by atoms with Crippen LogP contribution in [0.2, 0.25) is 0 Å². The summed E-state index contributed by atoms with van der Waals surface area (Å²) in [6.07, 6.45) is 3.45. The Labute approximate surface area is 146 Å². The first-order valence-electron chi connectivity index (χ1n) is 8.34. The molecule has 0 atom stereocenters. The van der Waals surface area contributed by atoms with Gasteiger partial charge in [-0.25, -0.2) is 14.4 Å². The average molecular weight is 343 g/mol. The molecule has 0 spiro atoms. The van der Waals surface area contributed by atoms with Gasteiger partial charge in [-0.15, -0.1) is 0 Å². The van der Waals surface area contributed by atoms with Crippen molar-refractivity contribution in [2.75, 3.05) is 44.7 Å². The second-order valence-electron chi connectivity index (χ2n) is 6.22. The molecule has 3 rings (SSSR count). The molecule has 0 saturated carbocycles. The van der Waals surface area contributed by atoms with Gasteiger partial charge in [0.25, 0.3) is 0 Å². The summed E-state index contributed by atoms with van der Waals surface area (Å²) in [5, 5.41) is 0. The van der Waals surface area contributed by atoms with Gasteiger partial charge in [-0.2, -0.15) is 0 Å². The van der Waals surface area contributed by atoms with Crippen LogP contribution in [0.15, 0.2) is 42.7 Å². The van der Waals surface area contributed by atoms with Crippen LogP contribution < -0.4 is 4.90 Å². The molecule has 1 amide bonds. The molecule has 0 N–H and O–H groups in total. The molecule has 1 aliphatic heterocycles. The summed E-state index contributed by atoms with van der Waals surface area (Å²) >= 11 is 0. The van der Waals surface area contributed by atoms with Crippen molar-refractivity contribution in [3.05, 3.63) is 54.1 Å². The first kappa shape index (κ1) is 17.3. The monoisotopic (exact) mass is 343 g/mol. The molecular weight excluding hydrogens is 321 g/mol. The lowest BCUT2D eigenvalue weighted by Gasteiger charge is -2.35. The molecule has 1 saturated heterocycles. The molecular formula is C18H22FN5O. The number of benzene rings is 1. The topological polar surface area (TPSA) is 52.6 Å². The number of carbonyl (C=O) groups is 1. The van der Waals surface area contributed by atoms with E-state index in [0.29, 0.717) is 32.1 Å². The molecule has 1 aromatic heterocycles. The molecule has 1 fully saturated rings. The number of likely N-dealkylation sites (N-methyl/N-ethyl adjacent to an activating group) is 1. The van der Waals surface area contributed by atoms with Gasteiger partial charge in [0.2, 0.25) is 11.9 Å². The van der Waals surface area contributed by atoms with E-state index in [1.165, 1.54) is 12.1 Å². The van der Waals surface area contributed by atoms with E-state index in [0.717, 1.165) is 18.7 Å². The van der Waals surface area contributed by atoms with Crippen LogP contribution in [0.3, 0.4) is 0 Å². The lowest BCUT2D eigenvalue weighted by molar-refractivity contribution is -0.132. The van der Waals surface area contributed by atoms with Crippen molar-refractivity contribution in [3.63, 3.8) is 0 Å². The van der Waals surface area contributed by atoms with Crippen molar-refractivity contribution in [1.29, 1.82) is 0 Å². The Bertz CT molecular complexity index is 686. The lowest BCUT2D eigenvalue weighted by atomic mass is 10.2. The zero-order chi connectivity index (χ0) is 17.6. The van der Waals surface area contributed by atoms with E-state index in [-0.39, 0.29) is 11.7 Å². The number of rotatable bonds is 5. The maximum absolute atomic E-state index is 12.9. The average Bonchev–Trinajstić information content (AvgIpc) is 2.64. The van der Waals surface area contributed by atoms with Crippen molar-refractivity contribution in [3.8, 4) is 0 Å². The molecule has 1 aliphatic rings. The molecule has 0 bridgehead atoms. The number of piperazine rings is 1. The third-order valence-corrected chi connectivity index (χ3v) is 4.24. The molecule has 25 heavy (non-hydrogen) atoms. The van der Waals surface area contributed by atoms with Crippen molar-refractivity contribution >= 4 is 11.9 Å². The number of hydrogen-bond donors (Lipinski definition) is 0. The smallest absolute Gasteiger partial charge is 0.236 e. The van der Waals surface area contributed by atoms with Crippen LogP contribution in [0, 0.1) is 5.82 Å². The van der Waals surface area contributed by atoms with Gasteiger partial charge in [0.15, 0.2) is 0 Å². The lowest BCUT2D eigenvalue weighted by Crippen LogP contribution is -2.51. The highest BCUT2D eigenvalue weighted by atomic mass is 19.1. The van der Waals surface area contributed by atoms with Gasteiger partial charge in [-0.1, -0.05) is 12.1 Å². The second-order valence-corrected chi connectivity index (χ2v) is 6.22. The number of carbonyl (C=O) groups excluding carboxylic acids is 1. The van der Waals surface area contributed by atoms with Crippen LogP contribution in [0.25, 0.3) is 0 Å². The second kappa shape index (κ2) is 8.02. The highest BCUT2D eigenvalue weighted by molar-refractivity contribution is 5.78. The summed E-state index contributed by atoms with van der Waals surface area (Å²) in [5.74, 6) is 0.573. The van der Waals surface area contributed by atoms with Crippen LogP contribution in [0.1, 0.15) is 5.56 Å². The number of aromatic nitrogens is 2. The van der Waals surface area contributed by atoms with E-state index in [9.17, 15) is 9.18 Å². The van der Waals surface area contributed by atoms with E-state index < -0.39 is 0 Å². The van der Waals surface area contributed by atoms with Crippen LogP contribution >= 0.6 is 0 Å². The Morgan fingerprint density at radius 3 is 2.40 bits per heavy atom. The van der Waals surface area contributed by atoms with Crippen LogP contribution in [0.5, 0.6) is 0 Å². The minimum absolute atomic E-state index is 0.109. The zero-order valence-corrected chi connectivity index (χ0v) is 14.3. The maximum atomic E-state index is 12.9. The SMILES string of the molecule is CN(CC(=O)N1CCN(c2ncccn2)CC1)Cc1ccc(F)cc1. The van der Waals surface area contributed by atoms with Gasteiger partial charge in [-0.05, 0) is 30.8 Å². The standard InChI is InChI=1S/C18H22FN5O/c1-22(13-15-3-5-16(19)6-4-15)14-17(25)23-9-11-24(12-10-23)18-20-7-2-8-21-18/h2-8H,9-14H2,1H3. The first-order chi connectivity index (χ1) is 12.1. The normalized spacial score (nSPS) is 14.8. The Balaban J connectivity index is 1.46. The molecule has 132 valence electrons. The molecule has 0 aliphatic carbocycles. The fraction of sp³-hybridized carbons (Fsp3) is 0.389. The van der Waals surface area contributed by atoms with Crippen LogP contribution in [-0.4, -0.2) is 65.4 Å². The molecule has 1 aromatic carbocycles. The molecule has 6 nitrogen and oxygen atoms in total. The number of amides is 1. The van der Waals surface area contributed by atoms with Gasteiger partial charge in [0.1, 0.15) is 5.82 Å². The van der Waals surface area contributed by atoms with Crippen molar-refractivity contribution in [2.24, 2.45) is 0 Å². The van der Waals surface area contributed by atoms with E-state index in [1.54, 1.807) is 30.6 Å². The summed E-state index contributed by atoms with van der Waals surface area (Å²) in [7, 11) is 1.90. The molecule has 2 heterocycles. The van der Waals surface area contributed by atoms with E-state index in [4.69, 9.17) is 0 Å². The highest BCUT2D eigenvalue weighted by Gasteiger charge is 2.23. The van der Waals surface area contributed by atoms with Crippen molar-refractivity contribution in [2.45, 2.75) is 6.54 Å². The molecule has 0 unspecified atom stereocenters. The molecule has 2 aromatic rings. The number of nitrogens with zero attached hydrogens (tertiary/aromatic N) is 5. The van der Waals surface area contributed by atoms with Crippen LogP contribution in [-0.2, 0) is 11.3 Å². The quantitative estimate of drug-likeness (QED) is 0.821. The summed E-state index contributed by atoms with van der Waals surface area (Å²) in [5.41, 5.74) is 0.989. The Morgan fingerprint density at radius 1 is 1.12 bits per heavy atom. The number of hydrogen-bond acceptors (Lipinski definition) is 5. The van der Waals surface area contributed by atoms with Gasteiger partial charge >= 0.3 is 0 Å². The maximum Gasteiger partial charge on any atom is 0.236 e. The Hall–Kier alpha value is -2.54. The van der Waals surface area contributed by atoms with Crippen molar-refractivity contribution < 1.29 is 9.18 Å². The number of anilines is 1. The first-order valence-corrected chi connectivity index (χ1v) is 8.34. The Morgan fingerprint density at radius 2 is 1.76 bits per heavy atom. The largest absolute Gasteiger partial charge is 0.338 e. The fourth-order valence-corrected chi connectivity index (χ4v) is 2.90. The summed E-state index contributed by atoms with van der Waals surface area (Å²) < 4.78 is 12.9.